The lowest BCUT2D eigenvalue weighted by atomic mass is 9.70. The van der Waals surface area contributed by atoms with E-state index in [2.05, 4.69) is 198 Å². The lowest BCUT2D eigenvalue weighted by Gasteiger charge is -2.33. The number of thiophene rings is 1. The highest BCUT2D eigenvalue weighted by atomic mass is 32.1. The molecule has 0 saturated heterocycles. The zero-order chi connectivity index (χ0) is 46.5. The van der Waals surface area contributed by atoms with Crippen LogP contribution < -0.4 is 9.80 Å². The molecule has 3 heteroatoms. The minimum atomic E-state index is -0.718. The van der Waals surface area contributed by atoms with E-state index in [-0.39, 0.29) is 29.7 Å². The molecule has 11 aromatic rings. The Morgan fingerprint density at radius 1 is 0.359 bits per heavy atom. The van der Waals surface area contributed by atoms with Crippen LogP contribution in [0.2, 0.25) is 0 Å². The molecule has 1 heterocycles. The van der Waals surface area contributed by atoms with Gasteiger partial charge in [-0.3, -0.25) is 0 Å². The number of benzene rings is 10. The summed E-state index contributed by atoms with van der Waals surface area (Å²) in [5.41, 5.74) is 15.1. The molecule has 64 heavy (non-hydrogen) atoms. The van der Waals surface area contributed by atoms with Crippen LogP contribution in [0.15, 0.2) is 243 Å². The van der Waals surface area contributed by atoms with Gasteiger partial charge in [0, 0.05) is 43.8 Å². The fourth-order valence-electron chi connectivity index (χ4n) is 10.6. The van der Waals surface area contributed by atoms with Crippen molar-refractivity contribution < 1.29 is 6.85 Å². The summed E-state index contributed by atoms with van der Waals surface area (Å²) >= 11 is 1.73. The van der Waals surface area contributed by atoms with Crippen LogP contribution in [0.3, 0.4) is 0 Å². The molecular formula is C61H40N2S. The molecule has 2 aliphatic carbocycles. The van der Waals surface area contributed by atoms with Crippen molar-refractivity contribution in [3.05, 3.63) is 265 Å². The van der Waals surface area contributed by atoms with E-state index in [1.165, 1.54) is 33.4 Å². The number of fused-ring (bicyclic) bond motifs is 13. The van der Waals surface area contributed by atoms with Crippen molar-refractivity contribution in [2.45, 2.75) is 5.41 Å². The predicted molar refractivity (Wildman–Crippen MR) is 270 cm³/mol. The molecule has 300 valence electrons. The molecule has 10 aromatic carbocycles. The van der Waals surface area contributed by atoms with E-state index in [9.17, 15) is 2.74 Å². The van der Waals surface area contributed by atoms with Gasteiger partial charge in [-0.05, 0) is 117 Å². The molecule has 2 aliphatic rings. The van der Waals surface area contributed by atoms with Crippen LogP contribution in [0, 0.1) is 0 Å². The second-order valence-electron chi connectivity index (χ2n) is 16.4. The van der Waals surface area contributed by atoms with Gasteiger partial charge in [0.2, 0.25) is 0 Å². The summed E-state index contributed by atoms with van der Waals surface area (Å²) < 4.78 is 46.6. The predicted octanol–water partition coefficient (Wildman–Crippen LogP) is 17.0. The highest BCUT2D eigenvalue weighted by molar-refractivity contribution is 7.26. The van der Waals surface area contributed by atoms with Gasteiger partial charge < -0.3 is 9.80 Å². The highest BCUT2D eigenvalue weighted by Gasteiger charge is 2.52. The quantitative estimate of drug-likeness (QED) is 0.158. The Balaban J connectivity index is 1.11. The molecule has 13 rings (SSSR count). The van der Waals surface area contributed by atoms with Crippen molar-refractivity contribution in [2.75, 3.05) is 9.80 Å². The molecule has 0 saturated carbocycles. The third-order valence-electron chi connectivity index (χ3n) is 13.1. The van der Waals surface area contributed by atoms with Crippen molar-refractivity contribution in [3.63, 3.8) is 0 Å². The SMILES string of the molecule is [2H]c1c([2H])c([2H])c(-c2ccccc2N(c2ccc3c(c2)C2(c4ccccc4-c4ccc(N(c5ccccc5)c5ccccc5)cc42)c2ccccc2-3)c2cccc3c2sc2ccccc23)c([2H])c1[2H]. The topological polar surface area (TPSA) is 6.48 Å². The van der Waals surface area contributed by atoms with E-state index in [1.807, 2.05) is 24.3 Å². The van der Waals surface area contributed by atoms with Gasteiger partial charge in [0.25, 0.3) is 0 Å². The van der Waals surface area contributed by atoms with Gasteiger partial charge >= 0.3 is 0 Å². The summed E-state index contributed by atoms with van der Waals surface area (Å²) in [5.74, 6) is 0. The standard InChI is InChI=1S/C61H40N2S/c1-4-19-41(20-5-1)46-25-12-16-32-57(46)63(58-33-18-29-52-51-28-13-17-34-59(51)64-60(52)58)45-36-38-50-48-27-11-15-31-54(48)61(56(50)40-45)53-30-14-10-26-47(53)49-37-35-44(39-55(49)61)62(42-21-6-2-7-22-42)43-23-8-3-9-24-43/h1-40H/i1D,4D,5D,19D,20D. The maximum atomic E-state index is 9.21. The van der Waals surface area contributed by atoms with Gasteiger partial charge in [0.1, 0.15) is 0 Å². The monoisotopic (exact) mass is 837 g/mol. The second-order valence-corrected chi connectivity index (χ2v) is 17.5. The molecule has 0 fully saturated rings. The van der Waals surface area contributed by atoms with E-state index in [4.69, 9.17) is 4.11 Å². The number of hydrogen-bond donors (Lipinski definition) is 0. The number of nitrogens with zero attached hydrogens (tertiary/aromatic N) is 2. The first-order valence-corrected chi connectivity index (χ1v) is 22.4. The summed E-state index contributed by atoms with van der Waals surface area (Å²) in [4.78, 5) is 4.58. The fraction of sp³-hybridized carbons (Fsp3) is 0.0164. The van der Waals surface area contributed by atoms with Crippen molar-refractivity contribution in [1.29, 1.82) is 0 Å². The minimum Gasteiger partial charge on any atom is -0.310 e. The molecule has 0 aliphatic heterocycles. The van der Waals surface area contributed by atoms with Crippen LogP contribution in [0.4, 0.5) is 34.1 Å². The molecule has 0 N–H and O–H groups in total. The first kappa shape index (κ1) is 31.8. The maximum absolute atomic E-state index is 9.21. The first-order valence-electron chi connectivity index (χ1n) is 24.1. The van der Waals surface area contributed by atoms with E-state index in [0.29, 0.717) is 11.3 Å². The normalized spacial score (nSPS) is 15.4. The average molecular weight is 838 g/mol. The molecule has 0 amide bonds. The molecule has 0 radical (unpaired) electrons. The zero-order valence-corrected chi connectivity index (χ0v) is 35.3. The molecule has 1 aromatic heterocycles. The molecule has 1 unspecified atom stereocenters. The second kappa shape index (κ2) is 14.6. The third-order valence-corrected chi connectivity index (χ3v) is 14.3. The number of hydrogen-bond acceptors (Lipinski definition) is 3. The molecule has 1 atom stereocenters. The smallest absolute Gasteiger partial charge is 0.0727 e. The Kier molecular flexibility index (Phi) is 7.23. The lowest BCUT2D eigenvalue weighted by Crippen LogP contribution is -2.26. The van der Waals surface area contributed by atoms with Gasteiger partial charge in [0.15, 0.2) is 0 Å². The largest absolute Gasteiger partial charge is 0.310 e. The summed E-state index contributed by atoms with van der Waals surface area (Å²) in [6.45, 7) is 0. The van der Waals surface area contributed by atoms with Gasteiger partial charge in [-0.2, -0.15) is 0 Å². The highest BCUT2D eigenvalue weighted by Crippen LogP contribution is 2.64. The minimum absolute atomic E-state index is 0.155. The fourth-order valence-corrected chi connectivity index (χ4v) is 11.8. The van der Waals surface area contributed by atoms with Crippen LogP contribution in [0.1, 0.15) is 29.1 Å². The van der Waals surface area contributed by atoms with Crippen molar-refractivity contribution in [1.82, 2.24) is 0 Å². The Labute approximate surface area is 384 Å². The van der Waals surface area contributed by atoms with Crippen molar-refractivity contribution >= 4 is 65.6 Å². The van der Waals surface area contributed by atoms with E-state index in [0.717, 1.165) is 59.7 Å². The average Bonchev–Trinajstić information content (AvgIpc) is 4.03. The van der Waals surface area contributed by atoms with Crippen molar-refractivity contribution in [2.24, 2.45) is 0 Å². The van der Waals surface area contributed by atoms with Gasteiger partial charge in [0.05, 0.1) is 28.3 Å². The van der Waals surface area contributed by atoms with Crippen molar-refractivity contribution in [3.8, 4) is 33.4 Å². The summed E-state index contributed by atoms with van der Waals surface area (Å²) in [5, 5.41) is 2.28. The Bertz CT molecular complexity index is 3810. The van der Waals surface area contributed by atoms with Gasteiger partial charge in [-0.1, -0.05) is 176 Å². The molecule has 0 bridgehead atoms. The van der Waals surface area contributed by atoms with E-state index < -0.39 is 11.5 Å². The molecule has 1 spiro atoms. The first-order chi connectivity index (χ1) is 33.8. The molecule has 2 nitrogen and oxygen atoms in total. The Hall–Kier alpha value is -7.98. The van der Waals surface area contributed by atoms with Crippen LogP contribution in [-0.4, -0.2) is 0 Å². The van der Waals surface area contributed by atoms with E-state index >= 15 is 0 Å². The van der Waals surface area contributed by atoms with Crippen LogP contribution in [-0.2, 0) is 5.41 Å². The molecular weight excluding hydrogens is 793 g/mol. The Morgan fingerprint density at radius 3 is 1.52 bits per heavy atom. The zero-order valence-electron chi connectivity index (χ0n) is 39.5. The van der Waals surface area contributed by atoms with Crippen LogP contribution >= 0.6 is 11.3 Å². The summed E-state index contributed by atoms with van der Waals surface area (Å²) in [6, 6.07) is 73.5. The van der Waals surface area contributed by atoms with Crippen LogP contribution in [0.5, 0.6) is 0 Å². The van der Waals surface area contributed by atoms with Gasteiger partial charge in [-0.15, -0.1) is 11.3 Å². The summed E-state index contributed by atoms with van der Waals surface area (Å²) in [6.07, 6.45) is 0. The lowest BCUT2D eigenvalue weighted by molar-refractivity contribution is 0.793. The third kappa shape index (κ3) is 5.38. The Morgan fingerprint density at radius 2 is 0.859 bits per heavy atom. The number of para-hydroxylation sites is 3. The van der Waals surface area contributed by atoms with Gasteiger partial charge in [-0.25, -0.2) is 0 Å². The summed E-state index contributed by atoms with van der Waals surface area (Å²) in [7, 11) is 0. The van der Waals surface area contributed by atoms with Crippen LogP contribution in [0.25, 0.3) is 53.6 Å². The maximum Gasteiger partial charge on any atom is 0.0727 e. The number of anilines is 6. The van der Waals surface area contributed by atoms with E-state index in [1.54, 1.807) is 11.3 Å². The number of rotatable bonds is 7.